The fourth-order valence-electron chi connectivity index (χ4n) is 2.21. The van der Waals surface area contributed by atoms with E-state index in [4.69, 9.17) is 16.6 Å². The molecule has 1 heterocycles. The Balaban J connectivity index is 2.20. The molecule has 140 valence electrons. The number of carboxylic acids is 1. The Kier molecular flexibility index (Phi) is 11.0. The van der Waals surface area contributed by atoms with Crippen molar-refractivity contribution < 1.29 is 14.7 Å². The Hall–Kier alpha value is -1.53. The lowest BCUT2D eigenvalue weighted by atomic mass is 10.1. The van der Waals surface area contributed by atoms with Crippen molar-refractivity contribution in [2.24, 2.45) is 16.5 Å². The lowest BCUT2D eigenvalue weighted by molar-refractivity contribution is -0.140. The lowest BCUT2D eigenvalue weighted by Gasteiger charge is -2.09. The molecule has 1 saturated heterocycles. The quantitative estimate of drug-likeness (QED) is 0.146. The molecule has 1 amide bonds. The molecule has 0 aromatic rings. The Morgan fingerprint density at radius 3 is 2.76 bits per heavy atom. The highest BCUT2D eigenvalue weighted by molar-refractivity contribution is 8.77. The topological polar surface area (TPSA) is 131 Å². The molecule has 6 N–H and O–H groups in total. The fraction of sp³-hybridized carbons (Fsp3) is 0.688. The van der Waals surface area contributed by atoms with Crippen molar-refractivity contribution in [1.82, 2.24) is 5.32 Å². The predicted molar refractivity (Wildman–Crippen MR) is 104 cm³/mol. The number of hydrogen-bond donors (Lipinski definition) is 4. The molecule has 25 heavy (non-hydrogen) atoms. The van der Waals surface area contributed by atoms with Gasteiger partial charge in [0.15, 0.2) is 12.0 Å². The van der Waals surface area contributed by atoms with Gasteiger partial charge in [-0.05, 0) is 19.3 Å². The van der Waals surface area contributed by atoms with Gasteiger partial charge in [-0.1, -0.05) is 46.3 Å². The van der Waals surface area contributed by atoms with Crippen molar-refractivity contribution in [2.45, 2.75) is 56.2 Å². The second-order valence-corrected chi connectivity index (χ2v) is 8.43. The van der Waals surface area contributed by atoms with Gasteiger partial charge in [0.25, 0.3) is 0 Å². The van der Waals surface area contributed by atoms with E-state index in [2.05, 4.69) is 22.2 Å². The number of nitrogens with one attached hydrogen (secondary N) is 1. The molecule has 0 spiro atoms. The summed E-state index contributed by atoms with van der Waals surface area (Å²) in [6.07, 6.45) is 5.98. The molecule has 7 nitrogen and oxygen atoms in total. The van der Waals surface area contributed by atoms with Crippen LogP contribution < -0.4 is 16.8 Å². The number of amides is 1. The molecule has 1 aliphatic rings. The molecular weight excluding hydrogens is 360 g/mol. The van der Waals surface area contributed by atoms with Crippen LogP contribution in [0, 0.1) is 11.8 Å². The van der Waals surface area contributed by atoms with E-state index in [9.17, 15) is 9.59 Å². The number of unbranched alkanes of at least 4 members (excludes halogenated alkanes) is 2. The summed E-state index contributed by atoms with van der Waals surface area (Å²) in [6, 6.07) is -1.20. The second-order valence-electron chi connectivity index (χ2n) is 5.64. The number of nitrogens with zero attached hydrogens (tertiary/aromatic N) is 1. The number of aliphatic carboxylic acids is 1. The molecule has 0 aromatic heterocycles. The van der Waals surface area contributed by atoms with Crippen molar-refractivity contribution in [1.29, 1.82) is 0 Å². The number of aliphatic imine (C=N–C) groups is 1. The van der Waals surface area contributed by atoms with Crippen LogP contribution in [-0.4, -0.2) is 46.5 Å². The van der Waals surface area contributed by atoms with Crippen LogP contribution in [0.15, 0.2) is 4.99 Å². The first kappa shape index (κ1) is 21.5. The van der Waals surface area contributed by atoms with Gasteiger partial charge in [-0.25, -0.2) is 4.79 Å². The molecule has 1 aliphatic heterocycles. The zero-order valence-corrected chi connectivity index (χ0v) is 15.8. The summed E-state index contributed by atoms with van der Waals surface area (Å²) in [5.74, 6) is 4.95. The van der Waals surface area contributed by atoms with Gasteiger partial charge < -0.3 is 21.9 Å². The maximum atomic E-state index is 11.9. The minimum atomic E-state index is -1.20. The lowest BCUT2D eigenvalue weighted by Crippen LogP contribution is -2.39. The number of guanidine groups is 1. The van der Waals surface area contributed by atoms with Crippen molar-refractivity contribution in [3.8, 4) is 11.8 Å². The summed E-state index contributed by atoms with van der Waals surface area (Å²) >= 11 is 0. The molecular formula is C16H26N4O3S2. The van der Waals surface area contributed by atoms with Crippen LogP contribution >= 0.6 is 21.6 Å². The SMILES string of the molecule is NC(N)=NCCC#CC(NC(=O)CCCCCC1CCSS1)C(=O)O. The van der Waals surface area contributed by atoms with E-state index in [0.29, 0.717) is 19.4 Å². The number of rotatable bonds is 10. The molecule has 9 heteroatoms. The normalized spacial score (nSPS) is 17.2. The van der Waals surface area contributed by atoms with E-state index in [-0.39, 0.29) is 11.9 Å². The average Bonchev–Trinajstić information content (AvgIpc) is 3.06. The van der Waals surface area contributed by atoms with Crippen molar-refractivity contribution in [3.05, 3.63) is 0 Å². The van der Waals surface area contributed by atoms with Gasteiger partial charge in [0.05, 0.1) is 6.54 Å². The maximum Gasteiger partial charge on any atom is 0.338 e. The van der Waals surface area contributed by atoms with Crippen LogP contribution in [0.3, 0.4) is 0 Å². The molecule has 0 radical (unpaired) electrons. The van der Waals surface area contributed by atoms with Crippen molar-refractivity contribution >= 4 is 39.4 Å². The second kappa shape index (κ2) is 12.8. The predicted octanol–water partition coefficient (Wildman–Crippen LogP) is 1.33. The van der Waals surface area contributed by atoms with E-state index in [1.54, 1.807) is 0 Å². The summed E-state index contributed by atoms with van der Waals surface area (Å²) in [4.78, 5) is 26.7. The number of carboxylic acid groups (broad SMARTS) is 1. The van der Waals surface area contributed by atoms with Gasteiger partial charge in [-0.3, -0.25) is 9.79 Å². The van der Waals surface area contributed by atoms with Crippen LogP contribution in [-0.2, 0) is 9.59 Å². The van der Waals surface area contributed by atoms with E-state index in [1.165, 1.54) is 18.6 Å². The Bertz CT molecular complexity index is 521. The van der Waals surface area contributed by atoms with Crippen LogP contribution in [0.2, 0.25) is 0 Å². The number of nitrogens with two attached hydrogens (primary N) is 2. The average molecular weight is 387 g/mol. The minimum absolute atomic E-state index is 0.0323. The molecule has 0 saturated carbocycles. The van der Waals surface area contributed by atoms with Gasteiger partial charge in [-0.2, -0.15) is 0 Å². The van der Waals surface area contributed by atoms with Crippen LogP contribution in [0.25, 0.3) is 0 Å². The van der Waals surface area contributed by atoms with E-state index < -0.39 is 12.0 Å². The van der Waals surface area contributed by atoms with Crippen LogP contribution in [0.1, 0.15) is 44.9 Å². The third-order valence-corrected chi connectivity index (χ3v) is 6.49. The first-order valence-corrected chi connectivity index (χ1v) is 10.7. The summed E-state index contributed by atoms with van der Waals surface area (Å²) in [5.41, 5.74) is 10.4. The maximum absolute atomic E-state index is 11.9. The van der Waals surface area contributed by atoms with Crippen molar-refractivity contribution in [2.75, 3.05) is 12.3 Å². The number of carbonyl (C=O) groups excluding carboxylic acids is 1. The molecule has 2 unspecified atom stereocenters. The minimum Gasteiger partial charge on any atom is -0.479 e. The van der Waals surface area contributed by atoms with Gasteiger partial charge in [0, 0.05) is 23.8 Å². The number of carbonyl (C=O) groups is 2. The molecule has 1 rings (SSSR count). The monoisotopic (exact) mass is 386 g/mol. The summed E-state index contributed by atoms with van der Waals surface area (Å²) in [5, 5.41) is 12.3. The van der Waals surface area contributed by atoms with E-state index in [0.717, 1.165) is 24.5 Å². The van der Waals surface area contributed by atoms with Crippen molar-refractivity contribution in [3.63, 3.8) is 0 Å². The molecule has 2 atom stereocenters. The van der Waals surface area contributed by atoms with E-state index >= 15 is 0 Å². The third kappa shape index (κ3) is 10.8. The first-order chi connectivity index (χ1) is 12.0. The molecule has 0 aromatic carbocycles. The van der Waals surface area contributed by atoms with Gasteiger partial charge >= 0.3 is 5.97 Å². The fourth-order valence-corrected chi connectivity index (χ4v) is 5.23. The summed E-state index contributed by atoms with van der Waals surface area (Å²) in [7, 11) is 3.90. The first-order valence-electron chi connectivity index (χ1n) is 8.33. The highest BCUT2D eigenvalue weighted by Gasteiger charge is 2.17. The molecule has 0 bridgehead atoms. The standard InChI is InChI=1S/C16H26N4O3S2/c17-16(18)19-10-5-4-7-13(15(22)23)20-14(21)8-3-1-2-6-12-9-11-24-25-12/h12-13H,1-3,5-6,8-11H2,(H,20,21)(H,22,23)(H4,17,18,19). The zero-order chi connectivity index (χ0) is 18.5. The molecule has 1 fully saturated rings. The highest BCUT2D eigenvalue weighted by atomic mass is 33.1. The molecule has 0 aliphatic carbocycles. The van der Waals surface area contributed by atoms with E-state index in [1.807, 2.05) is 21.6 Å². The van der Waals surface area contributed by atoms with Gasteiger partial charge in [-0.15, -0.1) is 0 Å². The third-order valence-electron chi connectivity index (χ3n) is 3.49. The Morgan fingerprint density at radius 2 is 2.12 bits per heavy atom. The van der Waals surface area contributed by atoms with Gasteiger partial charge in [0.1, 0.15) is 0 Å². The zero-order valence-electron chi connectivity index (χ0n) is 14.2. The van der Waals surface area contributed by atoms with Crippen LogP contribution in [0.4, 0.5) is 0 Å². The Morgan fingerprint density at radius 1 is 1.32 bits per heavy atom. The number of hydrogen-bond acceptors (Lipinski definition) is 5. The largest absolute Gasteiger partial charge is 0.479 e. The summed E-state index contributed by atoms with van der Waals surface area (Å²) in [6.45, 7) is 0.299. The Labute approximate surface area is 156 Å². The summed E-state index contributed by atoms with van der Waals surface area (Å²) < 4.78 is 0. The van der Waals surface area contributed by atoms with Crippen LogP contribution in [0.5, 0.6) is 0 Å². The van der Waals surface area contributed by atoms with Gasteiger partial charge in [0.2, 0.25) is 5.91 Å². The smallest absolute Gasteiger partial charge is 0.338 e. The highest BCUT2D eigenvalue weighted by Crippen LogP contribution is 2.39.